The van der Waals surface area contributed by atoms with Crippen molar-refractivity contribution in [2.75, 3.05) is 0 Å². The molecule has 0 saturated heterocycles. The van der Waals surface area contributed by atoms with Crippen LogP contribution in [0.25, 0.3) is 0 Å². The highest BCUT2D eigenvalue weighted by Crippen LogP contribution is 2.40. The number of fused-ring (bicyclic) bond motifs is 1. The molecule has 0 bridgehead atoms. The summed E-state index contributed by atoms with van der Waals surface area (Å²) in [6.07, 6.45) is 0.0292. The van der Waals surface area contributed by atoms with Crippen LogP contribution in [-0.2, 0) is 5.41 Å². The van der Waals surface area contributed by atoms with Gasteiger partial charge in [0.1, 0.15) is 5.82 Å². The lowest BCUT2D eigenvalue weighted by Crippen LogP contribution is -2.39. The number of hydrogen-bond acceptors (Lipinski definition) is 2. The maximum atomic E-state index is 13.1. The molecular formula is C12H16FNO. The number of aliphatic hydroxyl groups excluding tert-OH is 1. The van der Waals surface area contributed by atoms with Crippen LogP contribution in [0, 0.1) is 5.82 Å². The van der Waals surface area contributed by atoms with Crippen molar-refractivity contribution in [1.82, 2.24) is 0 Å². The first-order chi connectivity index (χ1) is 6.92. The van der Waals surface area contributed by atoms with Crippen LogP contribution >= 0.6 is 0 Å². The zero-order valence-electron chi connectivity index (χ0n) is 9.00. The molecule has 0 aliphatic heterocycles. The minimum Gasteiger partial charge on any atom is -0.391 e. The van der Waals surface area contributed by atoms with E-state index in [1.807, 2.05) is 13.8 Å². The summed E-state index contributed by atoms with van der Waals surface area (Å²) in [6.45, 7) is 4.08. The van der Waals surface area contributed by atoms with Crippen molar-refractivity contribution in [3.63, 3.8) is 0 Å². The molecule has 3 N–H and O–H groups in total. The topological polar surface area (TPSA) is 46.2 Å². The predicted octanol–water partition coefficient (Wildman–Crippen LogP) is 1.87. The van der Waals surface area contributed by atoms with Crippen LogP contribution in [0.3, 0.4) is 0 Å². The summed E-state index contributed by atoms with van der Waals surface area (Å²) >= 11 is 0. The molecule has 0 fully saturated rings. The van der Waals surface area contributed by atoms with Gasteiger partial charge in [0.25, 0.3) is 0 Å². The summed E-state index contributed by atoms with van der Waals surface area (Å²) in [4.78, 5) is 0. The minimum absolute atomic E-state index is 0.141. The van der Waals surface area contributed by atoms with Crippen LogP contribution < -0.4 is 5.73 Å². The van der Waals surface area contributed by atoms with Gasteiger partial charge in [0.05, 0.1) is 12.1 Å². The van der Waals surface area contributed by atoms with Gasteiger partial charge in [-0.05, 0) is 35.1 Å². The maximum absolute atomic E-state index is 13.1. The highest BCUT2D eigenvalue weighted by molar-refractivity contribution is 5.39. The van der Waals surface area contributed by atoms with Gasteiger partial charge in [-0.2, -0.15) is 0 Å². The average Bonchev–Trinajstić information content (AvgIpc) is 2.13. The van der Waals surface area contributed by atoms with E-state index in [9.17, 15) is 9.50 Å². The lowest BCUT2D eigenvalue weighted by molar-refractivity contribution is 0.0993. The molecule has 0 spiro atoms. The SMILES string of the molecule is CC1(C)C[C@H](O)C(N)c2cc(F)ccc21. The Bertz CT molecular complexity index is 389. The van der Waals surface area contributed by atoms with E-state index >= 15 is 0 Å². The van der Waals surface area contributed by atoms with Crippen molar-refractivity contribution in [3.05, 3.63) is 35.1 Å². The summed E-state index contributed by atoms with van der Waals surface area (Å²) in [7, 11) is 0. The zero-order chi connectivity index (χ0) is 11.2. The fraction of sp³-hybridized carbons (Fsp3) is 0.500. The second kappa shape index (κ2) is 3.29. The van der Waals surface area contributed by atoms with Gasteiger partial charge in [0, 0.05) is 0 Å². The molecule has 3 heteroatoms. The summed E-state index contributed by atoms with van der Waals surface area (Å²) in [5, 5.41) is 9.80. The maximum Gasteiger partial charge on any atom is 0.123 e. The summed E-state index contributed by atoms with van der Waals surface area (Å²) < 4.78 is 13.1. The second-order valence-electron chi connectivity index (χ2n) is 4.91. The number of rotatable bonds is 0. The standard InChI is InChI=1S/C12H16FNO/c1-12(2)6-10(15)11(14)8-5-7(13)3-4-9(8)12/h3-5,10-11,15H,6,14H2,1-2H3/t10-,11?/m0/s1. The number of hydrogen-bond donors (Lipinski definition) is 2. The summed E-state index contributed by atoms with van der Waals surface area (Å²) in [5.74, 6) is -0.297. The minimum atomic E-state index is -0.589. The van der Waals surface area contributed by atoms with E-state index in [1.165, 1.54) is 12.1 Å². The zero-order valence-corrected chi connectivity index (χ0v) is 9.00. The fourth-order valence-corrected chi connectivity index (χ4v) is 2.39. The molecule has 1 aliphatic carbocycles. The number of halogens is 1. The van der Waals surface area contributed by atoms with Gasteiger partial charge in [-0.1, -0.05) is 19.9 Å². The van der Waals surface area contributed by atoms with Gasteiger partial charge < -0.3 is 10.8 Å². The van der Waals surface area contributed by atoms with E-state index in [2.05, 4.69) is 0 Å². The van der Waals surface area contributed by atoms with Crippen LogP contribution in [0.1, 0.15) is 37.4 Å². The van der Waals surface area contributed by atoms with Crippen molar-refractivity contribution in [1.29, 1.82) is 0 Å². The van der Waals surface area contributed by atoms with Gasteiger partial charge in [0.2, 0.25) is 0 Å². The predicted molar refractivity (Wildman–Crippen MR) is 57.0 cm³/mol. The first kappa shape index (κ1) is 10.6. The van der Waals surface area contributed by atoms with E-state index in [-0.39, 0.29) is 11.2 Å². The smallest absolute Gasteiger partial charge is 0.123 e. The number of benzene rings is 1. The Morgan fingerprint density at radius 2 is 2.13 bits per heavy atom. The Labute approximate surface area is 88.9 Å². The lowest BCUT2D eigenvalue weighted by Gasteiger charge is -2.38. The molecule has 0 amide bonds. The Morgan fingerprint density at radius 1 is 1.47 bits per heavy atom. The number of aliphatic hydroxyl groups is 1. The molecule has 0 saturated carbocycles. The van der Waals surface area contributed by atoms with Gasteiger partial charge >= 0.3 is 0 Å². The van der Waals surface area contributed by atoms with Crippen molar-refractivity contribution in [3.8, 4) is 0 Å². The molecule has 0 radical (unpaired) electrons. The molecule has 1 aromatic rings. The van der Waals surface area contributed by atoms with Crippen LogP contribution in [0.2, 0.25) is 0 Å². The summed E-state index contributed by atoms with van der Waals surface area (Å²) in [5.41, 5.74) is 7.50. The summed E-state index contributed by atoms with van der Waals surface area (Å²) in [6, 6.07) is 4.19. The second-order valence-corrected chi connectivity index (χ2v) is 4.91. The molecule has 82 valence electrons. The molecule has 15 heavy (non-hydrogen) atoms. The third-order valence-electron chi connectivity index (χ3n) is 3.24. The molecule has 0 aromatic heterocycles. The molecule has 1 aromatic carbocycles. The van der Waals surface area contributed by atoms with Crippen LogP contribution in [0.4, 0.5) is 4.39 Å². The first-order valence-corrected chi connectivity index (χ1v) is 5.15. The molecule has 2 nitrogen and oxygen atoms in total. The highest BCUT2D eigenvalue weighted by atomic mass is 19.1. The Hall–Kier alpha value is -0.930. The van der Waals surface area contributed by atoms with E-state index in [1.54, 1.807) is 6.07 Å². The molecule has 0 heterocycles. The van der Waals surface area contributed by atoms with Crippen LogP contribution in [-0.4, -0.2) is 11.2 Å². The fourth-order valence-electron chi connectivity index (χ4n) is 2.39. The third kappa shape index (κ3) is 1.66. The first-order valence-electron chi connectivity index (χ1n) is 5.15. The van der Waals surface area contributed by atoms with E-state index in [0.29, 0.717) is 6.42 Å². The quantitative estimate of drug-likeness (QED) is 0.685. The van der Waals surface area contributed by atoms with Gasteiger partial charge in [-0.25, -0.2) is 4.39 Å². The average molecular weight is 209 g/mol. The Balaban J connectivity index is 2.59. The molecular weight excluding hydrogens is 193 g/mol. The monoisotopic (exact) mass is 209 g/mol. The van der Waals surface area contributed by atoms with Crippen molar-refractivity contribution in [2.24, 2.45) is 5.73 Å². The normalized spacial score (nSPS) is 28.6. The molecule has 1 aliphatic rings. The van der Waals surface area contributed by atoms with Gasteiger partial charge in [-0.15, -0.1) is 0 Å². The van der Waals surface area contributed by atoms with Crippen LogP contribution in [0.15, 0.2) is 18.2 Å². The highest BCUT2D eigenvalue weighted by Gasteiger charge is 2.36. The number of nitrogens with two attached hydrogens (primary N) is 1. The molecule has 2 atom stereocenters. The van der Waals surface area contributed by atoms with Crippen molar-refractivity contribution in [2.45, 2.75) is 37.8 Å². The molecule has 1 unspecified atom stereocenters. The largest absolute Gasteiger partial charge is 0.391 e. The van der Waals surface area contributed by atoms with Gasteiger partial charge in [0.15, 0.2) is 0 Å². The van der Waals surface area contributed by atoms with E-state index in [0.717, 1.165) is 11.1 Å². The van der Waals surface area contributed by atoms with Crippen molar-refractivity contribution < 1.29 is 9.50 Å². The third-order valence-corrected chi connectivity index (χ3v) is 3.24. The van der Waals surface area contributed by atoms with E-state index in [4.69, 9.17) is 5.73 Å². The Morgan fingerprint density at radius 3 is 2.80 bits per heavy atom. The van der Waals surface area contributed by atoms with Crippen molar-refractivity contribution >= 4 is 0 Å². The lowest BCUT2D eigenvalue weighted by atomic mass is 9.70. The molecule has 2 rings (SSSR count). The Kier molecular flexibility index (Phi) is 2.32. The van der Waals surface area contributed by atoms with Crippen LogP contribution in [0.5, 0.6) is 0 Å². The van der Waals surface area contributed by atoms with E-state index < -0.39 is 12.1 Å². The van der Waals surface area contributed by atoms with Gasteiger partial charge in [-0.3, -0.25) is 0 Å².